The monoisotopic (exact) mass is 283 g/mol. The minimum absolute atomic E-state index is 0.447. The maximum Gasteiger partial charge on any atom is 0.0742 e. The van der Waals surface area contributed by atoms with Crippen molar-refractivity contribution in [3.63, 3.8) is 0 Å². The summed E-state index contributed by atoms with van der Waals surface area (Å²) < 4.78 is 0. The maximum atomic E-state index is 6.09. The lowest BCUT2D eigenvalue weighted by Gasteiger charge is -2.21. The van der Waals surface area contributed by atoms with Gasteiger partial charge in [-0.25, -0.2) is 0 Å². The lowest BCUT2D eigenvalue weighted by Crippen LogP contribution is -2.15. The average Bonchev–Trinajstić information content (AvgIpc) is 2.29. The fourth-order valence-electron chi connectivity index (χ4n) is 2.16. The lowest BCUT2D eigenvalue weighted by atomic mass is 10.1. The second-order valence-electron chi connectivity index (χ2n) is 4.41. The molecule has 18 heavy (non-hydrogen) atoms. The summed E-state index contributed by atoms with van der Waals surface area (Å²) in [5, 5.41) is 2.02. The van der Waals surface area contributed by atoms with Gasteiger partial charge in [0.1, 0.15) is 0 Å². The standard InChI is InChI=1S/C13H15Cl2N3/c1-7-9(6-16)13(18(2)3)8-4-10(14)11(15)5-12(8)17-7/h4-5H,6,16H2,1-3H3. The van der Waals surface area contributed by atoms with Crippen molar-refractivity contribution in [2.75, 3.05) is 19.0 Å². The predicted molar refractivity (Wildman–Crippen MR) is 78.7 cm³/mol. The van der Waals surface area contributed by atoms with Gasteiger partial charge in [0.05, 0.1) is 21.2 Å². The summed E-state index contributed by atoms with van der Waals surface area (Å²) >= 11 is 12.1. The molecule has 0 amide bonds. The molecule has 0 saturated carbocycles. The van der Waals surface area contributed by atoms with Gasteiger partial charge in [-0.05, 0) is 19.1 Å². The van der Waals surface area contributed by atoms with Crippen molar-refractivity contribution in [3.8, 4) is 0 Å². The zero-order chi connectivity index (χ0) is 13.4. The third-order valence-corrected chi connectivity index (χ3v) is 3.68. The zero-order valence-corrected chi connectivity index (χ0v) is 12.1. The first-order valence-electron chi connectivity index (χ1n) is 5.61. The number of nitrogens with zero attached hydrogens (tertiary/aromatic N) is 2. The van der Waals surface area contributed by atoms with Crippen LogP contribution in [-0.2, 0) is 6.54 Å². The summed E-state index contributed by atoms with van der Waals surface area (Å²) in [6.45, 7) is 2.40. The molecule has 1 heterocycles. The van der Waals surface area contributed by atoms with E-state index in [1.54, 1.807) is 6.07 Å². The number of halogens is 2. The minimum atomic E-state index is 0.447. The van der Waals surface area contributed by atoms with Crippen LogP contribution in [-0.4, -0.2) is 19.1 Å². The number of aryl methyl sites for hydroxylation is 1. The molecule has 1 aromatic heterocycles. The number of hydrogen-bond acceptors (Lipinski definition) is 3. The van der Waals surface area contributed by atoms with Gasteiger partial charge in [-0.2, -0.15) is 0 Å². The van der Waals surface area contributed by atoms with Crippen LogP contribution in [0.4, 0.5) is 5.69 Å². The second-order valence-corrected chi connectivity index (χ2v) is 5.22. The van der Waals surface area contributed by atoms with E-state index in [1.165, 1.54) is 0 Å². The third kappa shape index (κ3) is 2.14. The van der Waals surface area contributed by atoms with Gasteiger partial charge in [0.25, 0.3) is 0 Å². The Bertz CT molecular complexity index is 609. The van der Waals surface area contributed by atoms with E-state index < -0.39 is 0 Å². The predicted octanol–water partition coefficient (Wildman–Crippen LogP) is 3.37. The van der Waals surface area contributed by atoms with Crippen LogP contribution in [0.15, 0.2) is 12.1 Å². The average molecular weight is 284 g/mol. The van der Waals surface area contributed by atoms with Gasteiger partial charge in [0, 0.05) is 37.3 Å². The fourth-order valence-corrected chi connectivity index (χ4v) is 2.48. The molecule has 2 aromatic rings. The Labute approximate surface area is 116 Å². The van der Waals surface area contributed by atoms with Crippen LogP contribution in [0.2, 0.25) is 10.0 Å². The summed E-state index contributed by atoms with van der Waals surface area (Å²) in [7, 11) is 3.96. The Hall–Kier alpha value is -1.03. The molecule has 96 valence electrons. The first kappa shape index (κ1) is 13.4. The zero-order valence-electron chi connectivity index (χ0n) is 10.6. The Balaban J connectivity index is 2.92. The summed E-state index contributed by atoms with van der Waals surface area (Å²) in [5.41, 5.74) is 9.67. The van der Waals surface area contributed by atoms with Gasteiger partial charge < -0.3 is 10.6 Å². The Kier molecular flexibility index (Phi) is 3.66. The van der Waals surface area contributed by atoms with E-state index >= 15 is 0 Å². The van der Waals surface area contributed by atoms with E-state index in [0.717, 1.165) is 27.8 Å². The van der Waals surface area contributed by atoms with E-state index in [2.05, 4.69) is 4.98 Å². The molecular weight excluding hydrogens is 269 g/mol. The van der Waals surface area contributed by atoms with Gasteiger partial charge in [0.15, 0.2) is 0 Å². The molecule has 0 radical (unpaired) electrons. The van der Waals surface area contributed by atoms with Crippen molar-refractivity contribution in [3.05, 3.63) is 33.4 Å². The van der Waals surface area contributed by atoms with Crippen molar-refractivity contribution >= 4 is 39.8 Å². The number of hydrogen-bond donors (Lipinski definition) is 1. The van der Waals surface area contributed by atoms with Crippen LogP contribution >= 0.6 is 23.2 Å². The molecule has 0 aliphatic rings. The molecule has 2 rings (SSSR count). The molecule has 0 saturated heterocycles. The third-order valence-electron chi connectivity index (χ3n) is 2.96. The summed E-state index contributed by atoms with van der Waals surface area (Å²) in [6, 6.07) is 3.64. The molecule has 2 N–H and O–H groups in total. The highest BCUT2D eigenvalue weighted by molar-refractivity contribution is 6.42. The Morgan fingerprint density at radius 3 is 2.39 bits per heavy atom. The quantitative estimate of drug-likeness (QED) is 0.919. The highest BCUT2D eigenvalue weighted by Gasteiger charge is 2.14. The number of anilines is 1. The van der Waals surface area contributed by atoms with Gasteiger partial charge in [0.2, 0.25) is 0 Å². The number of pyridine rings is 1. The number of aromatic nitrogens is 1. The van der Waals surface area contributed by atoms with Crippen LogP contribution in [0, 0.1) is 6.92 Å². The molecule has 0 spiro atoms. The van der Waals surface area contributed by atoms with Crippen LogP contribution in [0.25, 0.3) is 10.9 Å². The van der Waals surface area contributed by atoms with Crippen LogP contribution < -0.4 is 10.6 Å². The Morgan fingerprint density at radius 1 is 1.22 bits per heavy atom. The van der Waals surface area contributed by atoms with E-state index in [0.29, 0.717) is 16.6 Å². The second kappa shape index (κ2) is 4.92. The molecular formula is C13H15Cl2N3. The van der Waals surface area contributed by atoms with Crippen LogP contribution in [0.1, 0.15) is 11.3 Å². The molecule has 0 aliphatic heterocycles. The van der Waals surface area contributed by atoms with Crippen molar-refractivity contribution in [2.24, 2.45) is 5.73 Å². The van der Waals surface area contributed by atoms with E-state index in [1.807, 2.05) is 32.0 Å². The van der Waals surface area contributed by atoms with E-state index in [4.69, 9.17) is 28.9 Å². The molecule has 5 heteroatoms. The SMILES string of the molecule is Cc1nc2cc(Cl)c(Cl)cc2c(N(C)C)c1CN. The van der Waals surface area contributed by atoms with Gasteiger partial charge in [-0.1, -0.05) is 23.2 Å². The first-order chi connectivity index (χ1) is 8.45. The summed E-state index contributed by atoms with van der Waals surface area (Å²) in [6.07, 6.45) is 0. The van der Waals surface area contributed by atoms with Gasteiger partial charge in [-0.15, -0.1) is 0 Å². The topological polar surface area (TPSA) is 42.2 Å². The largest absolute Gasteiger partial charge is 0.377 e. The number of fused-ring (bicyclic) bond motifs is 1. The van der Waals surface area contributed by atoms with Gasteiger partial charge in [-0.3, -0.25) is 4.98 Å². The molecule has 0 atom stereocenters. The molecule has 3 nitrogen and oxygen atoms in total. The van der Waals surface area contributed by atoms with Gasteiger partial charge >= 0.3 is 0 Å². The van der Waals surface area contributed by atoms with Crippen molar-refractivity contribution < 1.29 is 0 Å². The normalized spacial score (nSPS) is 11.0. The number of nitrogens with two attached hydrogens (primary N) is 1. The van der Waals surface area contributed by atoms with E-state index in [9.17, 15) is 0 Å². The summed E-state index contributed by atoms with van der Waals surface area (Å²) in [4.78, 5) is 6.57. The minimum Gasteiger partial charge on any atom is -0.377 e. The molecule has 1 aromatic carbocycles. The van der Waals surface area contributed by atoms with Crippen LogP contribution in [0.5, 0.6) is 0 Å². The highest BCUT2D eigenvalue weighted by atomic mass is 35.5. The van der Waals surface area contributed by atoms with Crippen molar-refractivity contribution in [2.45, 2.75) is 13.5 Å². The number of benzene rings is 1. The molecule has 0 aliphatic carbocycles. The van der Waals surface area contributed by atoms with Crippen molar-refractivity contribution in [1.82, 2.24) is 4.98 Å². The first-order valence-corrected chi connectivity index (χ1v) is 6.37. The number of rotatable bonds is 2. The fraction of sp³-hybridized carbons (Fsp3) is 0.308. The molecule has 0 unspecified atom stereocenters. The van der Waals surface area contributed by atoms with E-state index in [-0.39, 0.29) is 0 Å². The molecule has 0 bridgehead atoms. The maximum absolute atomic E-state index is 6.09. The Morgan fingerprint density at radius 2 is 1.83 bits per heavy atom. The highest BCUT2D eigenvalue weighted by Crippen LogP contribution is 2.35. The van der Waals surface area contributed by atoms with Crippen molar-refractivity contribution in [1.29, 1.82) is 0 Å². The smallest absolute Gasteiger partial charge is 0.0742 e. The van der Waals surface area contributed by atoms with Crippen LogP contribution in [0.3, 0.4) is 0 Å². The lowest BCUT2D eigenvalue weighted by molar-refractivity contribution is 0.993. The summed E-state index contributed by atoms with van der Waals surface area (Å²) in [5.74, 6) is 0. The molecule has 0 fully saturated rings.